The topological polar surface area (TPSA) is 161 Å². The number of nitrogens with zero attached hydrogens (tertiary/aromatic N) is 2. The minimum absolute atomic E-state index is 0.237. The molecule has 2 aliphatic heterocycles. The third kappa shape index (κ3) is 5.01. The van der Waals surface area contributed by atoms with Gasteiger partial charge in [-0.3, -0.25) is 14.4 Å². The summed E-state index contributed by atoms with van der Waals surface area (Å²) < 4.78 is 128. The van der Waals surface area contributed by atoms with Crippen molar-refractivity contribution in [1.82, 2.24) is 5.06 Å². The molecule has 2 saturated heterocycles. The SMILES string of the molecule is O=C1C2C(=O)N(OS(=O)(=O)CC(F)(F)F)C(=O)C2C2C[N+](=O)C(OS(=O)(=O)CC(F)(F)F)C12. The van der Waals surface area contributed by atoms with E-state index < -0.39 is 103 Å². The van der Waals surface area contributed by atoms with E-state index in [9.17, 15) is 62.5 Å². The first-order valence-corrected chi connectivity index (χ1v) is 11.7. The number of amides is 2. The molecule has 1 aliphatic carbocycles. The molecule has 5 unspecified atom stereocenters. The fourth-order valence-electron chi connectivity index (χ4n) is 4.01. The van der Waals surface area contributed by atoms with Crippen LogP contribution in [0.1, 0.15) is 0 Å². The average Bonchev–Trinajstić information content (AvgIpc) is 3.09. The van der Waals surface area contributed by atoms with Gasteiger partial charge in [0.1, 0.15) is 11.8 Å². The number of nitroso groups, excluding NO2 is 1. The van der Waals surface area contributed by atoms with Crippen LogP contribution in [0.3, 0.4) is 0 Å². The van der Waals surface area contributed by atoms with Gasteiger partial charge in [-0.05, 0) is 0 Å². The number of hydrogen-bond acceptors (Lipinski definition) is 10. The van der Waals surface area contributed by atoms with Gasteiger partial charge >= 0.3 is 18.6 Å². The summed E-state index contributed by atoms with van der Waals surface area (Å²) in [5.41, 5.74) is 0. The van der Waals surface area contributed by atoms with Crippen LogP contribution in [0.15, 0.2) is 0 Å². The smallest absolute Gasteiger partial charge is 0.298 e. The van der Waals surface area contributed by atoms with E-state index in [1.807, 2.05) is 0 Å². The number of alkyl halides is 6. The van der Waals surface area contributed by atoms with Gasteiger partial charge in [-0.25, -0.2) is 0 Å². The van der Waals surface area contributed by atoms with Crippen LogP contribution in [-0.2, 0) is 43.1 Å². The molecule has 0 N–H and O–H groups in total. The van der Waals surface area contributed by atoms with E-state index >= 15 is 0 Å². The van der Waals surface area contributed by atoms with Gasteiger partial charge in [-0.2, -0.15) is 47.4 Å². The second kappa shape index (κ2) is 7.67. The van der Waals surface area contributed by atoms with Crippen molar-refractivity contribution in [2.45, 2.75) is 18.6 Å². The van der Waals surface area contributed by atoms with E-state index in [1.54, 1.807) is 0 Å². The van der Waals surface area contributed by atoms with Crippen molar-refractivity contribution in [1.29, 1.82) is 0 Å². The second-order valence-corrected chi connectivity index (χ2v) is 10.5. The molecule has 2 heterocycles. The Morgan fingerprint density at radius 2 is 1.39 bits per heavy atom. The third-order valence-corrected chi connectivity index (χ3v) is 7.19. The molecular formula is C13H11F6N2O10S2+. The third-order valence-electron chi connectivity index (χ3n) is 4.96. The molecule has 3 fully saturated rings. The van der Waals surface area contributed by atoms with Gasteiger partial charge < -0.3 is 0 Å². The first-order chi connectivity index (χ1) is 14.7. The minimum atomic E-state index is -5.56. The summed E-state index contributed by atoms with van der Waals surface area (Å²) in [4.78, 5) is 49.5. The number of carbonyl (C=O) groups is 3. The quantitative estimate of drug-likeness (QED) is 0.140. The molecule has 3 rings (SSSR count). The van der Waals surface area contributed by atoms with Crippen LogP contribution in [-0.4, -0.2) is 80.9 Å². The molecule has 0 radical (unpaired) electrons. The predicted octanol–water partition coefficient (Wildman–Crippen LogP) is -0.746. The van der Waals surface area contributed by atoms with Crippen LogP contribution in [0.5, 0.6) is 0 Å². The molecule has 0 aromatic heterocycles. The fraction of sp³-hybridized carbons (Fsp3) is 0.769. The van der Waals surface area contributed by atoms with E-state index in [0.717, 1.165) is 0 Å². The normalized spacial score (nSPS) is 30.8. The number of hydrogen-bond donors (Lipinski definition) is 0. The molecule has 186 valence electrons. The van der Waals surface area contributed by atoms with Crippen molar-refractivity contribution in [3.63, 3.8) is 0 Å². The number of rotatable bonds is 6. The van der Waals surface area contributed by atoms with Gasteiger partial charge in [0.2, 0.25) is 0 Å². The second-order valence-electron chi connectivity index (χ2n) is 7.36. The average molecular weight is 533 g/mol. The highest BCUT2D eigenvalue weighted by molar-refractivity contribution is 7.87. The Morgan fingerprint density at radius 1 is 0.879 bits per heavy atom. The van der Waals surface area contributed by atoms with Crippen molar-refractivity contribution >= 4 is 37.8 Å². The standard InChI is InChI=1S/C13H11F6N2O10S2/c14-12(15,16)2-32(26,27)30-11-6-4(1-20(11)25)5-7(8(6)22)10(24)21(9(5)23)31-33(28,29)3-13(17,18)19/h4-7,11H,1-3H2/q+1. The summed E-state index contributed by atoms with van der Waals surface area (Å²) in [6, 6.07) is 0. The number of ketones is 1. The van der Waals surface area contributed by atoms with E-state index in [2.05, 4.69) is 8.47 Å². The fourth-order valence-corrected chi connectivity index (χ4v) is 5.83. The first-order valence-electron chi connectivity index (χ1n) is 8.55. The highest BCUT2D eigenvalue weighted by atomic mass is 32.2. The molecule has 0 aromatic carbocycles. The van der Waals surface area contributed by atoms with Crippen LogP contribution in [0.25, 0.3) is 0 Å². The summed E-state index contributed by atoms with van der Waals surface area (Å²) >= 11 is 0. The van der Waals surface area contributed by atoms with E-state index in [0.29, 0.717) is 0 Å². The highest BCUT2D eigenvalue weighted by Crippen LogP contribution is 2.50. The largest absolute Gasteiger partial charge is 0.405 e. The number of carbonyl (C=O) groups excluding carboxylic acids is 3. The van der Waals surface area contributed by atoms with Crippen molar-refractivity contribution in [2.24, 2.45) is 23.7 Å². The maximum atomic E-state index is 12.6. The molecule has 0 spiro atoms. The van der Waals surface area contributed by atoms with Gasteiger partial charge in [0, 0.05) is 9.67 Å². The number of Topliss-reactive ketones (excluding diaryl/α,β-unsaturated/α-hetero) is 1. The molecule has 5 atom stereocenters. The van der Waals surface area contributed by atoms with Gasteiger partial charge in [0.15, 0.2) is 23.8 Å². The zero-order chi connectivity index (χ0) is 25.3. The highest BCUT2D eigenvalue weighted by Gasteiger charge is 2.73. The summed E-state index contributed by atoms with van der Waals surface area (Å²) in [5.74, 6) is -17.0. The molecule has 0 bridgehead atoms. The lowest BCUT2D eigenvalue weighted by Gasteiger charge is -2.17. The Bertz CT molecular complexity index is 1130. The molecular weight excluding hydrogens is 522 g/mol. The summed E-state index contributed by atoms with van der Waals surface area (Å²) in [6.07, 6.45) is -12.9. The number of halogens is 6. The van der Waals surface area contributed by atoms with Gasteiger partial charge in [0.25, 0.3) is 32.1 Å². The molecule has 0 aromatic rings. The number of imide groups is 1. The Kier molecular flexibility index (Phi) is 5.91. The maximum Gasteiger partial charge on any atom is 0.405 e. The summed E-state index contributed by atoms with van der Waals surface area (Å²) in [7, 11) is -11.0. The zero-order valence-electron chi connectivity index (χ0n) is 15.6. The van der Waals surface area contributed by atoms with Crippen molar-refractivity contribution in [3.8, 4) is 0 Å². The Hall–Kier alpha value is -2.19. The Morgan fingerprint density at radius 3 is 1.91 bits per heavy atom. The monoisotopic (exact) mass is 533 g/mol. The number of fused-ring (bicyclic) bond motifs is 3. The zero-order valence-corrected chi connectivity index (χ0v) is 17.2. The van der Waals surface area contributed by atoms with Crippen molar-refractivity contribution in [2.75, 3.05) is 18.1 Å². The van der Waals surface area contributed by atoms with Gasteiger partial charge in [-0.15, -0.1) is 9.35 Å². The Labute approximate surface area is 179 Å². The van der Waals surface area contributed by atoms with Crippen LogP contribution in [0.2, 0.25) is 0 Å². The van der Waals surface area contributed by atoms with E-state index in [-0.39, 0.29) is 4.76 Å². The predicted molar refractivity (Wildman–Crippen MR) is 85.0 cm³/mol. The van der Waals surface area contributed by atoms with Crippen molar-refractivity contribution in [3.05, 3.63) is 4.91 Å². The van der Waals surface area contributed by atoms with E-state index in [4.69, 9.17) is 0 Å². The van der Waals surface area contributed by atoms with Crippen LogP contribution in [0.4, 0.5) is 26.3 Å². The lowest BCUT2D eigenvalue weighted by molar-refractivity contribution is -0.603. The van der Waals surface area contributed by atoms with Crippen LogP contribution in [0, 0.1) is 28.6 Å². The van der Waals surface area contributed by atoms with E-state index in [1.165, 1.54) is 0 Å². The first kappa shape index (κ1) is 25.4. The maximum absolute atomic E-state index is 12.6. The lowest BCUT2D eigenvalue weighted by Crippen LogP contribution is -2.41. The molecule has 1 saturated carbocycles. The molecule has 33 heavy (non-hydrogen) atoms. The molecule has 2 amide bonds. The van der Waals surface area contributed by atoms with Gasteiger partial charge in [0.05, 0.1) is 11.8 Å². The van der Waals surface area contributed by atoms with Crippen molar-refractivity contribution < 1.29 is 70.8 Å². The molecule has 20 heteroatoms. The minimum Gasteiger partial charge on any atom is -0.298 e. The summed E-state index contributed by atoms with van der Waals surface area (Å²) in [6.45, 7) is -0.883. The van der Waals surface area contributed by atoms with Gasteiger partial charge in [-0.1, -0.05) is 0 Å². The summed E-state index contributed by atoms with van der Waals surface area (Å²) in [5, 5.41) is -0.561. The molecule has 3 aliphatic rings. The van der Waals surface area contributed by atoms with Crippen LogP contribution >= 0.6 is 0 Å². The number of hydroxylamine groups is 2. The Balaban J connectivity index is 1.84. The van der Waals surface area contributed by atoms with Crippen LogP contribution < -0.4 is 0 Å². The molecule has 12 nitrogen and oxygen atoms in total. The lowest BCUT2D eigenvalue weighted by atomic mass is 9.90.